The average Bonchev–Trinajstić information content (AvgIpc) is 2.41. The lowest BCUT2D eigenvalue weighted by Crippen LogP contribution is -2.28. The highest BCUT2D eigenvalue weighted by molar-refractivity contribution is 5.92. The summed E-state index contributed by atoms with van der Waals surface area (Å²) in [5.74, 6) is -0.206. The molecule has 0 radical (unpaired) electrons. The van der Waals surface area contributed by atoms with Gasteiger partial charge in [-0.2, -0.15) is 0 Å². The van der Waals surface area contributed by atoms with Crippen molar-refractivity contribution in [1.29, 1.82) is 0 Å². The van der Waals surface area contributed by atoms with Gasteiger partial charge in [0.2, 0.25) is 0 Å². The van der Waals surface area contributed by atoms with Gasteiger partial charge in [0.25, 0.3) is 0 Å². The van der Waals surface area contributed by atoms with Crippen LogP contribution in [0, 0.1) is 13.8 Å². The van der Waals surface area contributed by atoms with Crippen molar-refractivity contribution >= 4 is 5.97 Å². The molecule has 0 aliphatic heterocycles. The molecule has 3 heteroatoms. The number of rotatable bonds is 6. The van der Waals surface area contributed by atoms with Crippen LogP contribution in [0.4, 0.5) is 0 Å². The summed E-state index contributed by atoms with van der Waals surface area (Å²) in [6.45, 7) is 18.0. The summed E-state index contributed by atoms with van der Waals surface area (Å²) < 4.78 is 5.47. The first kappa shape index (κ1) is 18.7. The minimum Gasteiger partial charge on any atom is -0.461 e. The number of nitrogens with zero attached hydrogens (tertiary/aromatic N) is 1. The first-order valence-corrected chi connectivity index (χ1v) is 8.21. The molecule has 0 unspecified atom stereocenters. The summed E-state index contributed by atoms with van der Waals surface area (Å²) in [4.78, 5) is 14.6. The molecular weight excluding hydrogens is 274 g/mol. The number of hydrogen-bond donors (Lipinski definition) is 0. The average molecular weight is 305 g/mol. The van der Waals surface area contributed by atoms with Crippen LogP contribution >= 0.6 is 0 Å². The fraction of sp³-hybridized carbons (Fsp3) is 0.632. The van der Waals surface area contributed by atoms with Crippen LogP contribution in [0.15, 0.2) is 12.1 Å². The quantitative estimate of drug-likeness (QED) is 0.741. The Balaban J connectivity index is 2.82. The van der Waals surface area contributed by atoms with E-state index in [0.717, 1.165) is 30.8 Å². The number of likely N-dealkylation sites (N-methyl/N-ethyl adjacent to an activating group) is 1. The predicted octanol–water partition coefficient (Wildman–Crippen LogP) is 4.10. The molecule has 1 aromatic carbocycles. The van der Waals surface area contributed by atoms with E-state index in [9.17, 15) is 4.79 Å². The van der Waals surface area contributed by atoms with E-state index in [2.05, 4.69) is 51.7 Å². The highest BCUT2D eigenvalue weighted by Crippen LogP contribution is 2.27. The van der Waals surface area contributed by atoms with Gasteiger partial charge in [0.15, 0.2) is 0 Å². The molecule has 0 spiro atoms. The number of esters is 1. The maximum atomic E-state index is 12.4. The molecule has 124 valence electrons. The zero-order valence-corrected chi connectivity index (χ0v) is 15.2. The second kappa shape index (κ2) is 7.77. The summed E-state index contributed by atoms with van der Waals surface area (Å²) in [7, 11) is 0. The third kappa shape index (κ3) is 4.84. The van der Waals surface area contributed by atoms with E-state index < -0.39 is 0 Å². The summed E-state index contributed by atoms with van der Waals surface area (Å²) in [6, 6.07) is 4.21. The van der Waals surface area contributed by atoms with Crippen LogP contribution in [0.25, 0.3) is 0 Å². The van der Waals surface area contributed by atoms with Crippen LogP contribution in [0.1, 0.15) is 61.7 Å². The Morgan fingerprint density at radius 1 is 1.09 bits per heavy atom. The predicted molar refractivity (Wildman–Crippen MR) is 92.7 cm³/mol. The van der Waals surface area contributed by atoms with Crippen molar-refractivity contribution in [2.24, 2.45) is 0 Å². The largest absolute Gasteiger partial charge is 0.461 e. The minimum atomic E-state index is -0.206. The third-order valence-electron chi connectivity index (χ3n) is 4.14. The lowest BCUT2D eigenvalue weighted by molar-refractivity contribution is 0.0464. The van der Waals surface area contributed by atoms with Gasteiger partial charge in [0.05, 0.1) is 5.56 Å². The van der Waals surface area contributed by atoms with Crippen LogP contribution in [0.3, 0.4) is 0 Å². The van der Waals surface area contributed by atoms with Crippen molar-refractivity contribution in [3.05, 3.63) is 34.4 Å². The van der Waals surface area contributed by atoms with Gasteiger partial charge in [-0.15, -0.1) is 0 Å². The molecule has 22 heavy (non-hydrogen) atoms. The molecule has 3 nitrogen and oxygen atoms in total. The van der Waals surface area contributed by atoms with E-state index in [1.54, 1.807) is 0 Å². The standard InChI is InChI=1S/C19H31NO2/c1-8-20(9-2)10-11-22-18(21)17-14(3)12-16(13-15(17)4)19(5,6)7/h12-13H,8-11H2,1-7H3. The molecule has 0 fully saturated rings. The number of aryl methyl sites for hydroxylation is 2. The molecule has 0 N–H and O–H groups in total. The van der Waals surface area contributed by atoms with Crippen LogP contribution in [0.2, 0.25) is 0 Å². The highest BCUT2D eigenvalue weighted by atomic mass is 16.5. The summed E-state index contributed by atoms with van der Waals surface area (Å²) in [6.07, 6.45) is 0. The summed E-state index contributed by atoms with van der Waals surface area (Å²) in [5.41, 5.74) is 4.05. The van der Waals surface area contributed by atoms with E-state index in [-0.39, 0.29) is 11.4 Å². The van der Waals surface area contributed by atoms with E-state index in [4.69, 9.17) is 4.74 Å². The molecule has 0 heterocycles. The van der Waals surface area contributed by atoms with Crippen molar-refractivity contribution < 1.29 is 9.53 Å². The van der Waals surface area contributed by atoms with Crippen LogP contribution in [0.5, 0.6) is 0 Å². The SMILES string of the molecule is CCN(CC)CCOC(=O)c1c(C)cc(C(C)(C)C)cc1C. The molecule has 0 aromatic heterocycles. The summed E-state index contributed by atoms with van der Waals surface area (Å²) >= 11 is 0. The Morgan fingerprint density at radius 3 is 2.00 bits per heavy atom. The van der Waals surface area contributed by atoms with Crippen molar-refractivity contribution in [2.75, 3.05) is 26.2 Å². The van der Waals surface area contributed by atoms with Crippen molar-refractivity contribution in [3.8, 4) is 0 Å². The zero-order valence-electron chi connectivity index (χ0n) is 15.2. The van der Waals surface area contributed by atoms with E-state index >= 15 is 0 Å². The van der Waals surface area contributed by atoms with Gasteiger partial charge >= 0.3 is 5.97 Å². The summed E-state index contributed by atoms with van der Waals surface area (Å²) in [5, 5.41) is 0. The van der Waals surface area contributed by atoms with Gasteiger partial charge in [-0.25, -0.2) is 4.79 Å². The molecule has 0 amide bonds. The topological polar surface area (TPSA) is 29.5 Å². The normalized spacial score (nSPS) is 11.8. The van der Waals surface area contributed by atoms with Crippen molar-refractivity contribution in [2.45, 2.75) is 53.9 Å². The van der Waals surface area contributed by atoms with E-state index in [1.807, 2.05) is 13.8 Å². The van der Waals surface area contributed by atoms with Gasteiger partial charge in [-0.05, 0) is 49.0 Å². The Bertz CT molecular complexity index is 488. The van der Waals surface area contributed by atoms with E-state index in [0.29, 0.717) is 12.2 Å². The second-order valence-corrected chi connectivity index (χ2v) is 6.90. The van der Waals surface area contributed by atoms with Gasteiger partial charge < -0.3 is 9.64 Å². The smallest absolute Gasteiger partial charge is 0.338 e. The molecule has 0 saturated carbocycles. The van der Waals surface area contributed by atoms with Gasteiger partial charge in [0, 0.05) is 6.54 Å². The Hall–Kier alpha value is -1.35. The molecule has 0 bridgehead atoms. The number of carbonyl (C=O) groups is 1. The van der Waals surface area contributed by atoms with Crippen molar-refractivity contribution in [1.82, 2.24) is 4.90 Å². The lowest BCUT2D eigenvalue weighted by Gasteiger charge is -2.22. The van der Waals surface area contributed by atoms with Crippen LogP contribution < -0.4 is 0 Å². The maximum Gasteiger partial charge on any atom is 0.338 e. The maximum absolute atomic E-state index is 12.4. The highest BCUT2D eigenvalue weighted by Gasteiger charge is 2.20. The number of benzene rings is 1. The lowest BCUT2D eigenvalue weighted by atomic mass is 9.84. The van der Waals surface area contributed by atoms with Crippen molar-refractivity contribution in [3.63, 3.8) is 0 Å². The Kier molecular flexibility index (Phi) is 6.61. The second-order valence-electron chi connectivity index (χ2n) is 6.90. The zero-order chi connectivity index (χ0) is 16.9. The Morgan fingerprint density at radius 2 is 1.59 bits per heavy atom. The minimum absolute atomic E-state index is 0.0840. The molecule has 0 aliphatic carbocycles. The molecule has 0 saturated heterocycles. The fourth-order valence-corrected chi connectivity index (χ4v) is 2.60. The third-order valence-corrected chi connectivity index (χ3v) is 4.14. The first-order chi connectivity index (χ1) is 10.2. The molecule has 0 atom stereocenters. The van der Waals surface area contributed by atoms with Crippen LogP contribution in [-0.4, -0.2) is 37.1 Å². The monoisotopic (exact) mass is 305 g/mol. The number of ether oxygens (including phenoxy) is 1. The molecule has 1 rings (SSSR count). The van der Waals surface area contributed by atoms with Gasteiger partial charge in [0.1, 0.15) is 6.61 Å². The van der Waals surface area contributed by atoms with Gasteiger partial charge in [-0.3, -0.25) is 0 Å². The van der Waals surface area contributed by atoms with Crippen LogP contribution in [-0.2, 0) is 10.2 Å². The fourth-order valence-electron chi connectivity index (χ4n) is 2.60. The van der Waals surface area contributed by atoms with E-state index in [1.165, 1.54) is 5.56 Å². The Labute approximate surface area is 135 Å². The molecule has 1 aromatic rings. The molecule has 0 aliphatic rings. The first-order valence-electron chi connectivity index (χ1n) is 8.21. The number of carbonyl (C=O) groups excluding carboxylic acids is 1. The van der Waals surface area contributed by atoms with Gasteiger partial charge in [-0.1, -0.05) is 46.8 Å². The number of hydrogen-bond acceptors (Lipinski definition) is 3. The molecular formula is C19H31NO2.